The van der Waals surface area contributed by atoms with E-state index in [1.807, 2.05) is 14.1 Å². The maximum Gasteiger partial charge on any atom is 1.00 e. The van der Waals surface area contributed by atoms with Crippen molar-refractivity contribution in [2.45, 2.75) is 13.2 Å². The van der Waals surface area contributed by atoms with Crippen molar-refractivity contribution in [3.05, 3.63) is 0 Å². The average Bonchev–Trinajstić information content (AvgIpc) is 1.36. The first-order valence-corrected chi connectivity index (χ1v) is 1.99. The quantitative estimate of drug-likeness (QED) is 0.289. The molecule has 0 spiro atoms. The Morgan fingerprint density at radius 2 is 1.71 bits per heavy atom. The van der Waals surface area contributed by atoms with Crippen molar-refractivity contribution in [1.29, 1.82) is 0 Å². The Bertz CT molecular complexity index is 37.0. The van der Waals surface area contributed by atoms with Crippen LogP contribution in [-0.4, -0.2) is 30.3 Å². The molecular formula is C4H12NNaO. The van der Waals surface area contributed by atoms with Gasteiger partial charge in [0.15, 0.2) is 0 Å². The number of hydrogen-bond donors (Lipinski definition) is 1. The van der Waals surface area contributed by atoms with Crippen molar-refractivity contribution in [2.75, 3.05) is 14.1 Å². The fourth-order valence-electron chi connectivity index (χ4n) is 0. The summed E-state index contributed by atoms with van der Waals surface area (Å²) in [6.45, 7) is 1.72. The van der Waals surface area contributed by atoms with Gasteiger partial charge in [-0.1, -0.05) is 0 Å². The minimum atomic E-state index is -0.315. The van der Waals surface area contributed by atoms with E-state index < -0.39 is 0 Å². The SMILES string of the molecule is CC(O)N(C)C.[H-].[Na+]. The van der Waals surface area contributed by atoms with Crippen LogP contribution in [0.15, 0.2) is 0 Å². The topological polar surface area (TPSA) is 23.5 Å². The van der Waals surface area contributed by atoms with E-state index in [0.717, 1.165) is 0 Å². The van der Waals surface area contributed by atoms with Crippen LogP contribution in [0.2, 0.25) is 0 Å². The minimum Gasteiger partial charge on any atom is -1.00 e. The van der Waals surface area contributed by atoms with Crippen LogP contribution in [0.4, 0.5) is 0 Å². The van der Waals surface area contributed by atoms with Crippen LogP contribution < -0.4 is 29.6 Å². The van der Waals surface area contributed by atoms with Crippen molar-refractivity contribution >= 4 is 0 Å². The van der Waals surface area contributed by atoms with Gasteiger partial charge in [-0.05, 0) is 21.0 Å². The molecule has 0 aliphatic heterocycles. The Balaban J connectivity index is -0.000000125. The van der Waals surface area contributed by atoms with E-state index >= 15 is 0 Å². The van der Waals surface area contributed by atoms with Crippen LogP contribution >= 0.6 is 0 Å². The summed E-state index contributed by atoms with van der Waals surface area (Å²) in [5.74, 6) is 0. The van der Waals surface area contributed by atoms with Crippen molar-refractivity contribution < 1.29 is 36.1 Å². The van der Waals surface area contributed by atoms with Crippen molar-refractivity contribution in [1.82, 2.24) is 4.90 Å². The van der Waals surface area contributed by atoms with Crippen LogP contribution in [0.3, 0.4) is 0 Å². The number of nitrogens with zero attached hydrogens (tertiary/aromatic N) is 1. The molecule has 1 unspecified atom stereocenters. The molecule has 0 saturated carbocycles. The van der Waals surface area contributed by atoms with E-state index in [9.17, 15) is 0 Å². The van der Waals surface area contributed by atoms with Crippen molar-refractivity contribution in [2.24, 2.45) is 0 Å². The van der Waals surface area contributed by atoms with E-state index in [1.54, 1.807) is 11.8 Å². The van der Waals surface area contributed by atoms with Gasteiger partial charge >= 0.3 is 29.6 Å². The van der Waals surface area contributed by atoms with Crippen LogP contribution in [0.25, 0.3) is 0 Å². The molecule has 2 nitrogen and oxygen atoms in total. The van der Waals surface area contributed by atoms with E-state index in [1.165, 1.54) is 0 Å². The van der Waals surface area contributed by atoms with Crippen molar-refractivity contribution in [3.8, 4) is 0 Å². The van der Waals surface area contributed by atoms with Crippen LogP contribution in [0.1, 0.15) is 8.35 Å². The summed E-state index contributed by atoms with van der Waals surface area (Å²) >= 11 is 0. The molecule has 40 valence electrons. The molecular weight excluding hydrogens is 101 g/mol. The molecule has 0 heterocycles. The summed E-state index contributed by atoms with van der Waals surface area (Å²) in [7, 11) is 3.65. The average molecular weight is 113 g/mol. The summed E-state index contributed by atoms with van der Waals surface area (Å²) in [5.41, 5.74) is 0. The Morgan fingerprint density at radius 1 is 1.57 bits per heavy atom. The first-order valence-electron chi connectivity index (χ1n) is 1.99. The molecule has 7 heavy (non-hydrogen) atoms. The molecule has 0 aromatic rings. The second-order valence-electron chi connectivity index (χ2n) is 1.60. The second kappa shape index (κ2) is 5.06. The molecule has 3 heteroatoms. The molecule has 0 aromatic heterocycles. The van der Waals surface area contributed by atoms with Gasteiger partial charge in [0, 0.05) is 0 Å². The first-order chi connectivity index (χ1) is 2.64. The van der Waals surface area contributed by atoms with Gasteiger partial charge in [0.05, 0.1) is 0 Å². The summed E-state index contributed by atoms with van der Waals surface area (Å²) in [6.07, 6.45) is -0.315. The molecule has 0 bridgehead atoms. The number of hydrogen-bond acceptors (Lipinski definition) is 2. The largest absolute Gasteiger partial charge is 1.00 e. The number of aliphatic hydroxyl groups excluding tert-OH is 1. The molecule has 0 fully saturated rings. The van der Waals surface area contributed by atoms with Gasteiger partial charge in [0.1, 0.15) is 6.23 Å². The molecule has 0 rings (SSSR count). The molecule has 0 saturated heterocycles. The molecule has 0 radical (unpaired) electrons. The Labute approximate surface area is 68.3 Å². The zero-order chi connectivity index (χ0) is 5.15. The minimum absolute atomic E-state index is 0. The predicted molar refractivity (Wildman–Crippen MR) is 26.5 cm³/mol. The molecule has 1 N–H and O–H groups in total. The maximum absolute atomic E-state index is 8.56. The zero-order valence-corrected chi connectivity index (χ0v) is 7.47. The van der Waals surface area contributed by atoms with Gasteiger partial charge in [0.2, 0.25) is 0 Å². The standard InChI is InChI=1S/C4H11NO.Na.H/c1-4(6)5(2)3;;/h4,6H,1-3H3;;/q;+1;-1. The van der Waals surface area contributed by atoms with Gasteiger partial charge < -0.3 is 6.53 Å². The van der Waals surface area contributed by atoms with E-state index in [0.29, 0.717) is 0 Å². The van der Waals surface area contributed by atoms with Crippen LogP contribution in [-0.2, 0) is 0 Å². The Kier molecular flexibility index (Phi) is 7.83. The molecule has 0 aromatic carbocycles. The van der Waals surface area contributed by atoms with E-state index in [-0.39, 0.29) is 37.2 Å². The summed E-state index contributed by atoms with van der Waals surface area (Å²) in [5, 5.41) is 8.56. The molecule has 0 amide bonds. The van der Waals surface area contributed by atoms with Crippen molar-refractivity contribution in [3.63, 3.8) is 0 Å². The van der Waals surface area contributed by atoms with Gasteiger partial charge in [-0.3, -0.25) is 4.90 Å². The third-order valence-corrected chi connectivity index (χ3v) is 0.747. The van der Waals surface area contributed by atoms with E-state index in [2.05, 4.69) is 0 Å². The van der Waals surface area contributed by atoms with E-state index in [4.69, 9.17) is 5.11 Å². The van der Waals surface area contributed by atoms with Gasteiger partial charge in [0.25, 0.3) is 0 Å². The third-order valence-electron chi connectivity index (χ3n) is 0.747. The van der Waals surface area contributed by atoms with Gasteiger partial charge in [-0.2, -0.15) is 0 Å². The number of aliphatic hydroxyl groups is 1. The monoisotopic (exact) mass is 113 g/mol. The normalized spacial score (nSPS) is 13.3. The van der Waals surface area contributed by atoms with Gasteiger partial charge in [-0.15, -0.1) is 0 Å². The fourth-order valence-corrected chi connectivity index (χ4v) is 0. The Morgan fingerprint density at radius 3 is 1.71 bits per heavy atom. The molecule has 1 atom stereocenters. The van der Waals surface area contributed by atoms with Crippen LogP contribution in [0, 0.1) is 0 Å². The second-order valence-corrected chi connectivity index (χ2v) is 1.60. The summed E-state index contributed by atoms with van der Waals surface area (Å²) in [4.78, 5) is 1.72. The molecule has 0 aliphatic carbocycles. The predicted octanol–water partition coefficient (Wildman–Crippen LogP) is -3.00. The summed E-state index contributed by atoms with van der Waals surface area (Å²) in [6, 6.07) is 0. The fraction of sp³-hybridized carbons (Fsp3) is 1.00. The third kappa shape index (κ3) is 6.92. The smallest absolute Gasteiger partial charge is 1.00 e. The first kappa shape index (κ1) is 10.8. The molecule has 0 aliphatic rings. The van der Waals surface area contributed by atoms with Crippen LogP contribution in [0.5, 0.6) is 0 Å². The Hall–Kier alpha value is 0.920. The van der Waals surface area contributed by atoms with Gasteiger partial charge in [-0.25, -0.2) is 0 Å². The number of rotatable bonds is 1. The maximum atomic E-state index is 8.56. The zero-order valence-electron chi connectivity index (χ0n) is 6.47. The summed E-state index contributed by atoms with van der Waals surface area (Å²) < 4.78 is 0.